The zero-order valence-electron chi connectivity index (χ0n) is 15.7. The minimum Gasteiger partial charge on any atom is -0.444 e. The van der Waals surface area contributed by atoms with Crippen LogP contribution >= 0.6 is 0 Å². The molecule has 0 saturated carbocycles. The number of benzene rings is 1. The molecule has 1 aromatic carbocycles. The smallest absolute Gasteiger partial charge is 0.276 e. The Hall–Kier alpha value is -2.19. The van der Waals surface area contributed by atoms with Crippen LogP contribution in [0.2, 0.25) is 0 Å². The summed E-state index contributed by atoms with van der Waals surface area (Å²) >= 11 is 0. The minimum atomic E-state index is -3.68. The number of aromatic nitrogens is 1. The van der Waals surface area contributed by atoms with E-state index in [2.05, 4.69) is 16.6 Å². The average molecular weight is 391 g/mol. The predicted molar refractivity (Wildman–Crippen MR) is 101 cm³/mol. The minimum absolute atomic E-state index is 0.104. The van der Waals surface area contributed by atoms with Crippen molar-refractivity contribution in [3.8, 4) is 0 Å². The van der Waals surface area contributed by atoms with Gasteiger partial charge in [0, 0.05) is 13.1 Å². The van der Waals surface area contributed by atoms with Crippen molar-refractivity contribution in [2.24, 2.45) is 0 Å². The van der Waals surface area contributed by atoms with Gasteiger partial charge in [0.1, 0.15) is 5.76 Å². The highest BCUT2D eigenvalue weighted by atomic mass is 32.2. The maximum absolute atomic E-state index is 12.5. The van der Waals surface area contributed by atoms with E-state index < -0.39 is 10.0 Å². The number of nitrogens with one attached hydrogen (secondary N) is 1. The van der Waals surface area contributed by atoms with Crippen LogP contribution in [-0.4, -0.2) is 37.3 Å². The Morgan fingerprint density at radius 3 is 2.52 bits per heavy atom. The summed E-state index contributed by atoms with van der Waals surface area (Å²) in [6.45, 7) is 5.09. The zero-order valence-corrected chi connectivity index (χ0v) is 16.5. The number of carbonyl (C=O) groups excluding carboxylic acids is 1. The van der Waals surface area contributed by atoms with E-state index in [1.807, 2.05) is 12.1 Å². The molecule has 2 aromatic rings. The summed E-state index contributed by atoms with van der Waals surface area (Å²) in [6.07, 6.45) is 3.90. The van der Waals surface area contributed by atoms with Gasteiger partial charge in [-0.15, -0.1) is 0 Å². The van der Waals surface area contributed by atoms with E-state index in [9.17, 15) is 13.2 Å². The number of carbonyl (C=O) groups is 1. The summed E-state index contributed by atoms with van der Waals surface area (Å²) in [6, 6.07) is 6.83. The lowest BCUT2D eigenvalue weighted by atomic mass is 10.1. The lowest BCUT2D eigenvalue weighted by Crippen LogP contribution is -2.28. The lowest BCUT2D eigenvalue weighted by Gasteiger charge is -2.13. The molecular formula is C19H25N3O4S. The van der Waals surface area contributed by atoms with Gasteiger partial charge in [0.05, 0.1) is 11.4 Å². The van der Waals surface area contributed by atoms with Gasteiger partial charge in [-0.3, -0.25) is 4.79 Å². The van der Waals surface area contributed by atoms with Gasteiger partial charge in [0.2, 0.25) is 15.9 Å². The average Bonchev–Trinajstić information content (AvgIpc) is 3.30. The second-order valence-corrected chi connectivity index (χ2v) is 8.50. The van der Waals surface area contributed by atoms with E-state index in [4.69, 9.17) is 4.42 Å². The first-order chi connectivity index (χ1) is 12.9. The number of amides is 1. The Balaban J connectivity index is 1.67. The van der Waals surface area contributed by atoms with Crippen LogP contribution in [0.15, 0.2) is 33.6 Å². The van der Waals surface area contributed by atoms with Crippen molar-refractivity contribution in [1.82, 2.24) is 14.6 Å². The maximum atomic E-state index is 12.5. The molecule has 7 nitrogen and oxygen atoms in total. The van der Waals surface area contributed by atoms with Gasteiger partial charge in [0.25, 0.3) is 5.91 Å². The third kappa shape index (κ3) is 4.56. The van der Waals surface area contributed by atoms with Gasteiger partial charge in [-0.25, -0.2) is 18.1 Å². The number of aryl methyl sites for hydroxylation is 2. The normalized spacial score (nSPS) is 14.7. The number of sulfonamides is 1. The number of nitrogens with zero attached hydrogens (tertiary/aromatic N) is 2. The third-order valence-electron chi connectivity index (χ3n) is 4.62. The molecule has 0 unspecified atom stereocenters. The molecule has 2 heterocycles. The molecule has 1 amide bonds. The summed E-state index contributed by atoms with van der Waals surface area (Å²) in [5, 5.41) is 0. The first kappa shape index (κ1) is 19.6. The fourth-order valence-electron chi connectivity index (χ4n) is 3.16. The van der Waals surface area contributed by atoms with Crippen molar-refractivity contribution >= 4 is 15.9 Å². The van der Waals surface area contributed by atoms with Crippen molar-refractivity contribution < 1.29 is 17.6 Å². The van der Waals surface area contributed by atoms with Gasteiger partial charge in [-0.05, 0) is 43.9 Å². The van der Waals surface area contributed by atoms with Crippen LogP contribution in [0.5, 0.6) is 0 Å². The van der Waals surface area contributed by atoms with E-state index in [1.165, 1.54) is 0 Å². The topological polar surface area (TPSA) is 92.5 Å². The number of oxazole rings is 1. The molecule has 8 heteroatoms. The fraction of sp³-hybridized carbons (Fsp3) is 0.474. The van der Waals surface area contributed by atoms with Crippen molar-refractivity contribution in [1.29, 1.82) is 0 Å². The molecule has 1 aliphatic heterocycles. The Morgan fingerprint density at radius 2 is 1.89 bits per heavy atom. The van der Waals surface area contributed by atoms with Crippen molar-refractivity contribution in [2.75, 3.05) is 13.1 Å². The highest BCUT2D eigenvalue weighted by molar-refractivity contribution is 7.89. The highest BCUT2D eigenvalue weighted by Crippen LogP contribution is 2.17. The molecule has 0 bridgehead atoms. The molecule has 1 fully saturated rings. The molecule has 0 atom stereocenters. The fourth-order valence-corrected chi connectivity index (χ4v) is 4.13. The van der Waals surface area contributed by atoms with Crippen molar-refractivity contribution in [3.63, 3.8) is 0 Å². The van der Waals surface area contributed by atoms with Crippen LogP contribution in [0, 0.1) is 6.92 Å². The molecule has 146 valence electrons. The molecular weight excluding hydrogens is 366 g/mol. The number of hydrogen-bond acceptors (Lipinski definition) is 5. The summed E-state index contributed by atoms with van der Waals surface area (Å²) in [5.74, 6) is 0.431. The van der Waals surface area contributed by atoms with E-state index in [0.717, 1.165) is 44.3 Å². The Labute approximate surface area is 159 Å². The van der Waals surface area contributed by atoms with Crippen LogP contribution in [0.1, 0.15) is 53.9 Å². The summed E-state index contributed by atoms with van der Waals surface area (Å²) in [5.41, 5.74) is 1.36. The number of likely N-dealkylation sites (tertiary alicyclic amines) is 1. The summed E-state index contributed by atoms with van der Waals surface area (Å²) in [4.78, 5) is 18.6. The predicted octanol–water partition coefficient (Wildman–Crippen LogP) is 2.65. The van der Waals surface area contributed by atoms with E-state index in [-0.39, 0.29) is 28.9 Å². The molecule has 1 aliphatic rings. The van der Waals surface area contributed by atoms with Crippen molar-refractivity contribution in [2.45, 2.75) is 51.0 Å². The Bertz CT molecular complexity index is 898. The molecule has 27 heavy (non-hydrogen) atoms. The standard InChI is InChI=1S/C19H25N3O4S/c1-3-6-15-7-9-16(10-8-15)27(24,25)20-13-17-21-18(14(2)26-17)19(23)22-11-4-5-12-22/h7-10,20H,3-6,11-13H2,1-2H3. The molecule has 3 rings (SSSR count). The van der Waals surface area contributed by atoms with E-state index in [0.29, 0.717) is 5.76 Å². The molecule has 1 N–H and O–H groups in total. The van der Waals surface area contributed by atoms with Crippen LogP contribution in [0.4, 0.5) is 0 Å². The van der Waals surface area contributed by atoms with Crippen LogP contribution in [-0.2, 0) is 23.0 Å². The van der Waals surface area contributed by atoms with Crippen molar-refractivity contribution in [3.05, 3.63) is 47.2 Å². The maximum Gasteiger partial charge on any atom is 0.276 e. The monoisotopic (exact) mass is 391 g/mol. The van der Waals surface area contributed by atoms with Crippen LogP contribution in [0.25, 0.3) is 0 Å². The third-order valence-corrected chi connectivity index (χ3v) is 6.04. The lowest BCUT2D eigenvalue weighted by molar-refractivity contribution is 0.0786. The second-order valence-electron chi connectivity index (χ2n) is 6.73. The molecule has 1 saturated heterocycles. The largest absolute Gasteiger partial charge is 0.444 e. The highest BCUT2D eigenvalue weighted by Gasteiger charge is 2.25. The summed E-state index contributed by atoms with van der Waals surface area (Å²) in [7, 11) is -3.68. The Kier molecular flexibility index (Phi) is 5.96. The molecule has 0 aliphatic carbocycles. The summed E-state index contributed by atoms with van der Waals surface area (Å²) < 4.78 is 32.9. The van der Waals surface area contributed by atoms with Gasteiger partial charge < -0.3 is 9.32 Å². The van der Waals surface area contributed by atoms with E-state index in [1.54, 1.807) is 24.0 Å². The molecule has 0 spiro atoms. The molecule has 1 aromatic heterocycles. The van der Waals surface area contributed by atoms with Gasteiger partial charge >= 0.3 is 0 Å². The quantitative estimate of drug-likeness (QED) is 0.783. The van der Waals surface area contributed by atoms with Crippen LogP contribution in [0.3, 0.4) is 0 Å². The van der Waals surface area contributed by atoms with E-state index >= 15 is 0 Å². The SMILES string of the molecule is CCCc1ccc(S(=O)(=O)NCc2nc(C(=O)N3CCCC3)c(C)o2)cc1. The zero-order chi connectivity index (χ0) is 19.4. The Morgan fingerprint density at radius 1 is 1.22 bits per heavy atom. The number of rotatable bonds is 7. The number of hydrogen-bond donors (Lipinski definition) is 1. The second kappa shape index (κ2) is 8.22. The first-order valence-electron chi connectivity index (χ1n) is 9.25. The van der Waals surface area contributed by atoms with Gasteiger partial charge in [-0.2, -0.15) is 0 Å². The van der Waals surface area contributed by atoms with Gasteiger partial charge in [-0.1, -0.05) is 25.5 Å². The van der Waals surface area contributed by atoms with Gasteiger partial charge in [0.15, 0.2) is 5.69 Å². The molecule has 0 radical (unpaired) electrons. The first-order valence-corrected chi connectivity index (χ1v) is 10.7. The van der Waals surface area contributed by atoms with Crippen LogP contribution < -0.4 is 4.72 Å².